The molecule has 1 aliphatic heterocycles. The SMILES string of the molecule is Cc1ccc(S(=O)(=O)Nc2ccc3c(c2)C(=O)N([C@@H](C)CO)C[C@H](C)[C@@H](CN(C)C(=O)Nc2ccccc2)O3)cc1. The van der Waals surface area contributed by atoms with Crippen molar-refractivity contribution in [1.29, 1.82) is 0 Å². The topological polar surface area (TPSA) is 128 Å². The van der Waals surface area contributed by atoms with Crippen molar-refractivity contribution in [3.63, 3.8) is 0 Å². The fourth-order valence-corrected chi connectivity index (χ4v) is 5.58. The molecule has 0 spiro atoms. The number of nitrogens with zero attached hydrogens (tertiary/aromatic N) is 2. The average Bonchev–Trinajstić information content (AvgIpc) is 2.95. The number of para-hydroxylation sites is 1. The molecule has 0 bridgehead atoms. The third kappa shape index (κ3) is 7.17. The zero-order valence-corrected chi connectivity index (χ0v) is 24.4. The molecule has 3 amide bonds. The number of aryl methyl sites for hydroxylation is 1. The predicted octanol–water partition coefficient (Wildman–Crippen LogP) is 4.18. The number of benzene rings is 3. The van der Waals surface area contributed by atoms with Crippen molar-refractivity contribution in [2.24, 2.45) is 5.92 Å². The van der Waals surface area contributed by atoms with Crippen LogP contribution in [0.15, 0.2) is 77.7 Å². The van der Waals surface area contributed by atoms with E-state index < -0.39 is 28.1 Å². The summed E-state index contributed by atoms with van der Waals surface area (Å²) in [4.78, 5) is 29.7. The number of amides is 3. The second kappa shape index (κ2) is 12.6. The highest BCUT2D eigenvalue weighted by Crippen LogP contribution is 2.31. The number of aliphatic hydroxyl groups excluding tert-OH is 1. The molecule has 0 aromatic heterocycles. The molecule has 0 fully saturated rings. The summed E-state index contributed by atoms with van der Waals surface area (Å²) in [6.45, 7) is 5.76. The van der Waals surface area contributed by atoms with Crippen LogP contribution in [0.4, 0.5) is 16.2 Å². The minimum absolute atomic E-state index is 0.0960. The summed E-state index contributed by atoms with van der Waals surface area (Å²) < 4.78 is 34.9. The summed E-state index contributed by atoms with van der Waals surface area (Å²) in [6, 6.07) is 19.3. The molecule has 0 aliphatic carbocycles. The molecule has 0 unspecified atom stereocenters. The van der Waals surface area contributed by atoms with Gasteiger partial charge in [0.15, 0.2) is 0 Å². The van der Waals surface area contributed by atoms with Crippen molar-refractivity contribution in [3.05, 3.63) is 83.9 Å². The lowest BCUT2D eigenvalue weighted by molar-refractivity contribution is 0.0371. The summed E-state index contributed by atoms with van der Waals surface area (Å²) in [5.41, 5.74) is 1.94. The highest BCUT2D eigenvalue weighted by atomic mass is 32.2. The third-order valence-corrected chi connectivity index (χ3v) is 8.47. The molecule has 3 aromatic rings. The fourth-order valence-electron chi connectivity index (χ4n) is 4.53. The van der Waals surface area contributed by atoms with Crippen LogP contribution in [0.3, 0.4) is 0 Å². The molecule has 0 saturated heterocycles. The van der Waals surface area contributed by atoms with Crippen molar-refractivity contribution in [1.82, 2.24) is 9.80 Å². The van der Waals surface area contributed by atoms with Gasteiger partial charge in [-0.05, 0) is 56.3 Å². The van der Waals surface area contributed by atoms with E-state index in [-0.39, 0.29) is 53.5 Å². The first-order chi connectivity index (χ1) is 19.5. The van der Waals surface area contributed by atoms with Gasteiger partial charge < -0.3 is 25.0 Å². The van der Waals surface area contributed by atoms with Crippen LogP contribution >= 0.6 is 0 Å². The molecular weight excluding hydrogens is 544 g/mol. The molecule has 10 nitrogen and oxygen atoms in total. The van der Waals surface area contributed by atoms with Gasteiger partial charge in [-0.1, -0.05) is 42.8 Å². The maximum Gasteiger partial charge on any atom is 0.321 e. The standard InChI is InChI=1S/C30H36N4O6S/c1-20-10-13-25(14-11-20)41(38,39)32-24-12-15-27-26(16-24)29(36)34(22(3)19-35)17-21(2)28(40-27)18-33(4)30(37)31-23-8-6-5-7-9-23/h5-16,21-22,28,32,35H,17-19H2,1-4H3,(H,31,37)/t21-,22-,28+/m0/s1. The lowest BCUT2D eigenvalue weighted by Gasteiger charge is -2.38. The normalized spacial score (nSPS) is 17.9. The number of anilines is 2. The highest BCUT2D eigenvalue weighted by molar-refractivity contribution is 7.92. The Morgan fingerprint density at radius 1 is 1.10 bits per heavy atom. The first-order valence-electron chi connectivity index (χ1n) is 13.4. The Morgan fingerprint density at radius 2 is 1.78 bits per heavy atom. The number of hydrogen-bond donors (Lipinski definition) is 3. The van der Waals surface area contributed by atoms with Gasteiger partial charge in [0, 0.05) is 30.9 Å². The molecule has 1 aliphatic rings. The van der Waals surface area contributed by atoms with E-state index in [1.54, 1.807) is 49.2 Å². The number of hydrogen-bond acceptors (Lipinski definition) is 6. The van der Waals surface area contributed by atoms with Crippen molar-refractivity contribution >= 4 is 33.3 Å². The maximum atomic E-state index is 13.7. The van der Waals surface area contributed by atoms with Gasteiger partial charge in [-0.25, -0.2) is 13.2 Å². The van der Waals surface area contributed by atoms with Crippen LogP contribution in [0.25, 0.3) is 0 Å². The number of likely N-dealkylation sites (N-methyl/N-ethyl adjacent to an activating group) is 1. The van der Waals surface area contributed by atoms with Gasteiger partial charge in [-0.3, -0.25) is 9.52 Å². The molecular formula is C30H36N4O6S. The number of sulfonamides is 1. The van der Waals surface area contributed by atoms with E-state index in [1.165, 1.54) is 29.2 Å². The lowest BCUT2D eigenvalue weighted by atomic mass is 9.99. The molecule has 3 aromatic carbocycles. The summed E-state index contributed by atoms with van der Waals surface area (Å²) in [7, 11) is -2.24. The molecule has 3 atom stereocenters. The van der Waals surface area contributed by atoms with Gasteiger partial charge in [-0.15, -0.1) is 0 Å². The number of carbonyl (C=O) groups is 2. The average molecular weight is 581 g/mol. The quantitative estimate of drug-likeness (QED) is 0.367. The molecule has 4 rings (SSSR count). The molecule has 3 N–H and O–H groups in total. The molecule has 0 radical (unpaired) electrons. The minimum atomic E-state index is -3.90. The summed E-state index contributed by atoms with van der Waals surface area (Å²) >= 11 is 0. The van der Waals surface area contributed by atoms with E-state index >= 15 is 0 Å². The van der Waals surface area contributed by atoms with E-state index in [4.69, 9.17) is 4.74 Å². The van der Waals surface area contributed by atoms with Crippen LogP contribution in [0.1, 0.15) is 29.8 Å². The second-order valence-electron chi connectivity index (χ2n) is 10.4. The lowest BCUT2D eigenvalue weighted by Crippen LogP contribution is -2.50. The van der Waals surface area contributed by atoms with E-state index in [2.05, 4.69) is 10.0 Å². The molecule has 1 heterocycles. The van der Waals surface area contributed by atoms with Crippen molar-refractivity contribution < 1.29 is 27.9 Å². The largest absolute Gasteiger partial charge is 0.487 e. The Kier molecular flexibility index (Phi) is 9.19. The number of aliphatic hydroxyl groups is 1. The van der Waals surface area contributed by atoms with Crippen LogP contribution in [0, 0.1) is 12.8 Å². The zero-order chi connectivity index (χ0) is 29.7. The fraction of sp³-hybridized carbons (Fsp3) is 0.333. The Hall–Kier alpha value is -4.09. The monoisotopic (exact) mass is 580 g/mol. The third-order valence-electron chi connectivity index (χ3n) is 7.07. The number of urea groups is 1. The van der Waals surface area contributed by atoms with E-state index in [9.17, 15) is 23.1 Å². The summed E-state index contributed by atoms with van der Waals surface area (Å²) in [6.07, 6.45) is -0.503. The van der Waals surface area contributed by atoms with Crippen LogP contribution in [-0.4, -0.2) is 74.2 Å². The minimum Gasteiger partial charge on any atom is -0.487 e. The van der Waals surface area contributed by atoms with Crippen LogP contribution in [-0.2, 0) is 10.0 Å². The summed E-state index contributed by atoms with van der Waals surface area (Å²) in [5, 5.41) is 12.8. The van der Waals surface area contributed by atoms with Gasteiger partial charge >= 0.3 is 6.03 Å². The van der Waals surface area contributed by atoms with Crippen molar-refractivity contribution in [2.45, 2.75) is 37.8 Å². The van der Waals surface area contributed by atoms with Gasteiger partial charge in [-0.2, -0.15) is 0 Å². The molecule has 11 heteroatoms. The van der Waals surface area contributed by atoms with Gasteiger partial charge in [0.05, 0.1) is 29.7 Å². The van der Waals surface area contributed by atoms with Crippen LogP contribution in [0.5, 0.6) is 5.75 Å². The Labute approximate surface area is 241 Å². The highest BCUT2D eigenvalue weighted by Gasteiger charge is 2.34. The first-order valence-corrected chi connectivity index (χ1v) is 14.9. The van der Waals surface area contributed by atoms with Gasteiger partial charge in [0.2, 0.25) is 0 Å². The number of rotatable bonds is 8. The van der Waals surface area contributed by atoms with E-state index in [0.29, 0.717) is 5.69 Å². The van der Waals surface area contributed by atoms with E-state index in [0.717, 1.165) is 5.56 Å². The number of nitrogens with one attached hydrogen (secondary N) is 2. The van der Waals surface area contributed by atoms with E-state index in [1.807, 2.05) is 32.0 Å². The van der Waals surface area contributed by atoms with Crippen molar-refractivity contribution in [2.75, 3.05) is 36.8 Å². The summed E-state index contributed by atoms with van der Waals surface area (Å²) in [5.74, 6) is -0.331. The maximum absolute atomic E-state index is 13.7. The first kappa shape index (κ1) is 29.9. The predicted molar refractivity (Wildman–Crippen MR) is 158 cm³/mol. The number of ether oxygens (including phenoxy) is 1. The molecule has 0 saturated carbocycles. The van der Waals surface area contributed by atoms with Crippen molar-refractivity contribution in [3.8, 4) is 5.75 Å². The van der Waals surface area contributed by atoms with Crippen LogP contribution in [0.2, 0.25) is 0 Å². The second-order valence-corrected chi connectivity index (χ2v) is 12.1. The zero-order valence-electron chi connectivity index (χ0n) is 23.6. The molecule has 41 heavy (non-hydrogen) atoms. The van der Waals surface area contributed by atoms with Gasteiger partial charge in [0.1, 0.15) is 11.9 Å². The molecule has 218 valence electrons. The van der Waals surface area contributed by atoms with Gasteiger partial charge in [0.25, 0.3) is 15.9 Å². The smallest absolute Gasteiger partial charge is 0.321 e. The Bertz CT molecular complexity index is 1480. The Morgan fingerprint density at radius 3 is 2.44 bits per heavy atom. The van der Waals surface area contributed by atoms with Crippen LogP contribution < -0.4 is 14.8 Å². The number of fused-ring (bicyclic) bond motifs is 1. The number of carbonyl (C=O) groups excluding carboxylic acids is 2. The Balaban J connectivity index is 1.62.